The zero-order chi connectivity index (χ0) is 16.7. The maximum Gasteiger partial charge on any atom is 0.238 e. The molecule has 0 unspecified atom stereocenters. The summed E-state index contributed by atoms with van der Waals surface area (Å²) in [5.74, 6) is 0.835. The lowest BCUT2D eigenvalue weighted by Crippen LogP contribution is -2.11. The standard InChI is InChI=1S/C18H16N2O2S2/c19-24(21,22)14-8-6-12(7-9-14)15-10-16(15)18-20-17(11-23-18)13-4-2-1-3-5-13/h1-9,11,15-16H,10H2,(H2,19,21,22)/t15-,16+/m0/s1. The highest BCUT2D eigenvalue weighted by Gasteiger charge is 2.41. The van der Waals surface area contributed by atoms with Gasteiger partial charge in [0.05, 0.1) is 15.6 Å². The van der Waals surface area contributed by atoms with Crippen LogP contribution in [0.15, 0.2) is 64.9 Å². The number of thiazole rings is 1. The Balaban J connectivity index is 1.52. The van der Waals surface area contributed by atoms with Crippen LogP contribution in [0.25, 0.3) is 11.3 Å². The normalized spacial score (nSPS) is 20.0. The molecule has 4 nitrogen and oxygen atoms in total. The van der Waals surface area contributed by atoms with Crippen molar-refractivity contribution in [3.63, 3.8) is 0 Å². The number of sulfonamides is 1. The van der Waals surface area contributed by atoms with Gasteiger partial charge in [-0.3, -0.25) is 0 Å². The molecular formula is C18H16N2O2S2. The summed E-state index contributed by atoms with van der Waals surface area (Å²) in [5, 5.41) is 8.39. The second kappa shape index (κ2) is 5.81. The SMILES string of the molecule is NS(=O)(=O)c1ccc([C@@H]2C[C@H]2c2nc(-c3ccccc3)cs2)cc1. The number of nitrogens with zero attached hydrogens (tertiary/aromatic N) is 1. The molecule has 0 aliphatic heterocycles. The number of nitrogens with two attached hydrogens (primary N) is 1. The first-order valence-electron chi connectivity index (χ1n) is 7.66. The molecule has 0 saturated heterocycles. The van der Waals surface area contributed by atoms with Crippen molar-refractivity contribution >= 4 is 21.4 Å². The van der Waals surface area contributed by atoms with Crippen LogP contribution in [0.4, 0.5) is 0 Å². The molecule has 24 heavy (non-hydrogen) atoms. The van der Waals surface area contributed by atoms with Crippen molar-refractivity contribution in [2.24, 2.45) is 5.14 Å². The molecule has 122 valence electrons. The molecule has 0 spiro atoms. The molecule has 2 N–H and O–H groups in total. The van der Waals surface area contributed by atoms with Crippen molar-refractivity contribution in [3.8, 4) is 11.3 Å². The van der Waals surface area contributed by atoms with Gasteiger partial charge in [0.1, 0.15) is 0 Å². The monoisotopic (exact) mass is 356 g/mol. The van der Waals surface area contributed by atoms with Crippen LogP contribution in [0.1, 0.15) is 28.8 Å². The van der Waals surface area contributed by atoms with Gasteiger partial charge in [-0.1, -0.05) is 42.5 Å². The van der Waals surface area contributed by atoms with Gasteiger partial charge in [0, 0.05) is 16.9 Å². The third-order valence-corrected chi connectivity index (χ3v) is 6.24. The fraction of sp³-hybridized carbons (Fsp3) is 0.167. The van der Waals surface area contributed by atoms with Gasteiger partial charge in [0.2, 0.25) is 10.0 Å². The van der Waals surface area contributed by atoms with Crippen molar-refractivity contribution in [1.29, 1.82) is 0 Å². The van der Waals surface area contributed by atoms with Crippen LogP contribution in [0, 0.1) is 0 Å². The molecule has 1 saturated carbocycles. The number of rotatable bonds is 4. The Labute approximate surface area is 145 Å². The Bertz CT molecular complexity index is 964. The summed E-state index contributed by atoms with van der Waals surface area (Å²) in [5.41, 5.74) is 3.30. The van der Waals surface area contributed by atoms with Crippen LogP contribution in [0.3, 0.4) is 0 Å². The van der Waals surface area contributed by atoms with Gasteiger partial charge in [-0.05, 0) is 30.0 Å². The highest BCUT2D eigenvalue weighted by atomic mass is 32.2. The van der Waals surface area contributed by atoms with E-state index < -0.39 is 10.0 Å². The molecule has 1 aliphatic carbocycles. The number of hydrogen-bond donors (Lipinski definition) is 1. The first-order valence-corrected chi connectivity index (χ1v) is 10.1. The van der Waals surface area contributed by atoms with Crippen molar-refractivity contribution < 1.29 is 8.42 Å². The summed E-state index contributed by atoms with van der Waals surface area (Å²) in [6.45, 7) is 0. The van der Waals surface area contributed by atoms with Gasteiger partial charge in [-0.2, -0.15) is 0 Å². The fourth-order valence-electron chi connectivity index (χ4n) is 2.94. The van der Waals surface area contributed by atoms with E-state index in [1.807, 2.05) is 30.3 Å². The van der Waals surface area contributed by atoms with Crippen molar-refractivity contribution in [1.82, 2.24) is 4.98 Å². The third kappa shape index (κ3) is 3.00. The molecule has 1 aliphatic rings. The van der Waals surface area contributed by atoms with Crippen LogP contribution in [-0.2, 0) is 10.0 Å². The molecule has 6 heteroatoms. The second-order valence-electron chi connectivity index (χ2n) is 6.00. The smallest absolute Gasteiger partial charge is 0.238 e. The predicted molar refractivity (Wildman–Crippen MR) is 95.5 cm³/mol. The van der Waals surface area contributed by atoms with Gasteiger partial charge in [0.15, 0.2) is 0 Å². The molecule has 1 aromatic heterocycles. The minimum Gasteiger partial charge on any atom is -0.241 e. The highest BCUT2D eigenvalue weighted by Crippen LogP contribution is 2.55. The molecule has 2 atom stereocenters. The Kier molecular flexibility index (Phi) is 3.75. The zero-order valence-corrected chi connectivity index (χ0v) is 14.4. The average Bonchev–Trinajstić information content (AvgIpc) is 3.23. The molecule has 1 fully saturated rings. The van der Waals surface area contributed by atoms with Gasteiger partial charge < -0.3 is 0 Å². The van der Waals surface area contributed by atoms with Crippen molar-refractivity contribution in [2.45, 2.75) is 23.2 Å². The van der Waals surface area contributed by atoms with E-state index in [1.54, 1.807) is 23.5 Å². The van der Waals surface area contributed by atoms with Crippen LogP contribution >= 0.6 is 11.3 Å². The van der Waals surface area contributed by atoms with Crippen LogP contribution in [0.2, 0.25) is 0 Å². The highest BCUT2D eigenvalue weighted by molar-refractivity contribution is 7.89. The zero-order valence-electron chi connectivity index (χ0n) is 12.8. The number of benzene rings is 2. The fourth-order valence-corrected chi connectivity index (χ4v) is 4.46. The lowest BCUT2D eigenvalue weighted by molar-refractivity contribution is 0.598. The van der Waals surface area contributed by atoms with Gasteiger partial charge in [-0.15, -0.1) is 11.3 Å². The topological polar surface area (TPSA) is 73.1 Å². The first kappa shape index (κ1) is 15.5. The Morgan fingerprint density at radius 1 is 1.00 bits per heavy atom. The lowest BCUT2D eigenvalue weighted by atomic mass is 10.1. The van der Waals surface area contributed by atoms with E-state index in [2.05, 4.69) is 17.5 Å². The van der Waals surface area contributed by atoms with Crippen molar-refractivity contribution in [3.05, 3.63) is 70.5 Å². The minimum atomic E-state index is -3.63. The summed E-state index contributed by atoms with van der Waals surface area (Å²) < 4.78 is 22.6. The molecule has 2 aromatic carbocycles. The summed E-state index contributed by atoms with van der Waals surface area (Å²) in [7, 11) is -3.63. The summed E-state index contributed by atoms with van der Waals surface area (Å²) >= 11 is 1.69. The van der Waals surface area contributed by atoms with Gasteiger partial charge >= 0.3 is 0 Å². The molecule has 1 heterocycles. The van der Waals surface area contributed by atoms with Gasteiger partial charge in [-0.25, -0.2) is 18.5 Å². The Morgan fingerprint density at radius 3 is 2.38 bits per heavy atom. The largest absolute Gasteiger partial charge is 0.241 e. The molecular weight excluding hydrogens is 340 g/mol. The van der Waals surface area contributed by atoms with E-state index >= 15 is 0 Å². The van der Waals surface area contributed by atoms with E-state index in [0.29, 0.717) is 11.8 Å². The van der Waals surface area contributed by atoms with Crippen LogP contribution in [0.5, 0.6) is 0 Å². The summed E-state index contributed by atoms with van der Waals surface area (Å²) in [6.07, 6.45) is 1.05. The number of hydrogen-bond acceptors (Lipinski definition) is 4. The Hall–Kier alpha value is -2.02. The molecule has 4 rings (SSSR count). The van der Waals surface area contributed by atoms with Gasteiger partial charge in [0.25, 0.3) is 0 Å². The maximum atomic E-state index is 11.3. The average molecular weight is 356 g/mol. The number of primary sulfonamides is 1. The quantitative estimate of drug-likeness (QED) is 0.774. The summed E-state index contributed by atoms with van der Waals surface area (Å²) in [4.78, 5) is 4.93. The van der Waals surface area contributed by atoms with Crippen LogP contribution < -0.4 is 5.14 Å². The van der Waals surface area contributed by atoms with E-state index in [1.165, 1.54) is 0 Å². The molecule has 0 bridgehead atoms. The second-order valence-corrected chi connectivity index (χ2v) is 8.45. The molecule has 3 aromatic rings. The lowest BCUT2D eigenvalue weighted by Gasteiger charge is -2.01. The van der Waals surface area contributed by atoms with E-state index in [0.717, 1.165) is 28.2 Å². The molecule has 0 amide bonds. The predicted octanol–water partition coefficient (Wildman–Crippen LogP) is 3.73. The van der Waals surface area contributed by atoms with E-state index in [4.69, 9.17) is 10.1 Å². The summed E-state index contributed by atoms with van der Waals surface area (Å²) in [6, 6.07) is 17.0. The van der Waals surface area contributed by atoms with E-state index in [9.17, 15) is 8.42 Å². The maximum absolute atomic E-state index is 11.3. The van der Waals surface area contributed by atoms with E-state index in [-0.39, 0.29) is 4.90 Å². The third-order valence-electron chi connectivity index (χ3n) is 4.34. The van der Waals surface area contributed by atoms with Crippen LogP contribution in [-0.4, -0.2) is 13.4 Å². The minimum absolute atomic E-state index is 0.157. The number of aromatic nitrogens is 1. The Morgan fingerprint density at radius 2 is 1.71 bits per heavy atom. The molecule has 0 radical (unpaired) electrons. The first-order chi connectivity index (χ1) is 11.5. The van der Waals surface area contributed by atoms with Crippen molar-refractivity contribution in [2.75, 3.05) is 0 Å².